The molecular weight excluding hydrogens is 416 g/mol. The predicted molar refractivity (Wildman–Crippen MR) is 103 cm³/mol. The summed E-state index contributed by atoms with van der Waals surface area (Å²) in [6, 6.07) is 3.59. The third kappa shape index (κ3) is 5.62. The van der Waals surface area contributed by atoms with Crippen molar-refractivity contribution in [2.75, 3.05) is 26.9 Å². The normalized spacial score (nSPS) is 20.5. The first-order valence-corrected chi connectivity index (χ1v) is 10.1. The van der Waals surface area contributed by atoms with Crippen molar-refractivity contribution in [2.24, 2.45) is 5.92 Å². The number of hydrogen-bond acceptors (Lipinski definition) is 7. The number of halogens is 2. The monoisotopic (exact) mass is 441 g/mol. The van der Waals surface area contributed by atoms with Gasteiger partial charge in [0.05, 0.1) is 20.3 Å². The van der Waals surface area contributed by atoms with Gasteiger partial charge in [0.25, 0.3) is 0 Å². The molecule has 31 heavy (non-hydrogen) atoms. The molecule has 2 fully saturated rings. The number of alkyl halides is 2. The summed E-state index contributed by atoms with van der Waals surface area (Å²) in [6.07, 6.45) is 2.26. The molecule has 1 aliphatic heterocycles. The molecule has 3 rings (SSSR count). The van der Waals surface area contributed by atoms with Crippen molar-refractivity contribution in [1.82, 2.24) is 4.90 Å². The molecule has 2 aliphatic rings. The minimum absolute atomic E-state index is 0.0258. The largest absolute Gasteiger partial charge is 0.489 e. The number of ether oxygens (including phenoxy) is 4. The molecule has 2 atom stereocenters. The fraction of sp³-hybridized carbons (Fsp3) is 0.571. The van der Waals surface area contributed by atoms with Crippen LogP contribution in [0.5, 0.6) is 11.5 Å². The van der Waals surface area contributed by atoms with Gasteiger partial charge < -0.3 is 23.8 Å². The highest BCUT2D eigenvalue weighted by Crippen LogP contribution is 2.39. The van der Waals surface area contributed by atoms with Crippen molar-refractivity contribution in [2.45, 2.75) is 44.8 Å². The Labute approximate surface area is 178 Å². The quantitative estimate of drug-likeness (QED) is 0.452. The first kappa shape index (κ1) is 22.8. The van der Waals surface area contributed by atoms with Crippen molar-refractivity contribution < 1.29 is 42.1 Å². The lowest BCUT2D eigenvalue weighted by Crippen LogP contribution is -2.45. The number of likely N-dealkylation sites (tertiary alicyclic amines) is 1. The molecule has 1 aliphatic carbocycles. The second-order valence-electron chi connectivity index (χ2n) is 7.49. The maximum absolute atomic E-state index is 12.8. The van der Waals surface area contributed by atoms with Crippen LogP contribution in [0.3, 0.4) is 0 Å². The van der Waals surface area contributed by atoms with E-state index in [4.69, 9.17) is 14.2 Å². The minimum atomic E-state index is -3.00. The Balaban J connectivity index is 1.82. The fourth-order valence-corrected chi connectivity index (χ4v) is 3.55. The van der Waals surface area contributed by atoms with Crippen LogP contribution in [0.4, 0.5) is 8.78 Å². The molecule has 1 heterocycles. The number of carbonyl (C=O) groups excluding carboxylic acids is 3. The maximum atomic E-state index is 12.8. The van der Waals surface area contributed by atoms with Crippen LogP contribution in [-0.4, -0.2) is 62.3 Å². The molecule has 8 nitrogen and oxygen atoms in total. The highest BCUT2D eigenvalue weighted by molar-refractivity contribution is 6.32. The third-order valence-corrected chi connectivity index (χ3v) is 5.31. The molecule has 1 amide bonds. The molecule has 0 spiro atoms. The lowest BCUT2D eigenvalue weighted by molar-refractivity contribution is -0.163. The Bertz CT molecular complexity index is 828. The summed E-state index contributed by atoms with van der Waals surface area (Å²) < 4.78 is 45.3. The predicted octanol–water partition coefficient (Wildman–Crippen LogP) is 2.50. The van der Waals surface area contributed by atoms with Gasteiger partial charge in [-0.05, 0) is 49.8 Å². The van der Waals surface area contributed by atoms with E-state index in [2.05, 4.69) is 4.74 Å². The number of rotatable bonds is 8. The zero-order valence-corrected chi connectivity index (χ0v) is 17.3. The van der Waals surface area contributed by atoms with Gasteiger partial charge in [-0.25, -0.2) is 9.59 Å². The molecule has 1 saturated heterocycles. The Kier molecular flexibility index (Phi) is 7.29. The Morgan fingerprint density at radius 3 is 2.55 bits per heavy atom. The zero-order valence-electron chi connectivity index (χ0n) is 17.3. The third-order valence-electron chi connectivity index (χ3n) is 5.31. The molecular formula is C21H25F2NO7. The van der Waals surface area contributed by atoms with E-state index in [1.807, 2.05) is 0 Å². The average Bonchev–Trinajstić information content (AvgIpc) is 3.47. The van der Waals surface area contributed by atoms with Crippen LogP contribution < -0.4 is 9.47 Å². The SMILES string of the molecule is CCOC(=O)C(=O)N1CC(c2ccc(OC(F)F)c(OCC3CC3)c2)CC1C(=O)OC. The summed E-state index contributed by atoms with van der Waals surface area (Å²) in [5.74, 6) is -2.48. The van der Waals surface area contributed by atoms with E-state index in [0.717, 1.165) is 17.7 Å². The first-order chi connectivity index (χ1) is 14.8. The number of hydrogen-bond donors (Lipinski definition) is 0. The van der Waals surface area contributed by atoms with Gasteiger partial charge in [0.1, 0.15) is 6.04 Å². The summed E-state index contributed by atoms with van der Waals surface area (Å²) in [5, 5.41) is 0. The smallest absolute Gasteiger partial charge is 0.397 e. The van der Waals surface area contributed by atoms with E-state index < -0.39 is 30.5 Å². The van der Waals surface area contributed by atoms with Crippen LogP contribution in [0.1, 0.15) is 37.7 Å². The summed E-state index contributed by atoms with van der Waals surface area (Å²) in [6.45, 7) is -0.942. The molecule has 1 aromatic rings. The maximum Gasteiger partial charge on any atom is 0.397 e. The van der Waals surface area contributed by atoms with Gasteiger partial charge in [-0.3, -0.25) is 4.79 Å². The Morgan fingerprint density at radius 2 is 1.94 bits per heavy atom. The number of esters is 2. The number of methoxy groups -OCH3 is 1. The van der Waals surface area contributed by atoms with E-state index in [1.54, 1.807) is 19.1 Å². The van der Waals surface area contributed by atoms with Crippen LogP contribution in [0.2, 0.25) is 0 Å². The molecule has 2 unspecified atom stereocenters. The van der Waals surface area contributed by atoms with E-state index in [-0.39, 0.29) is 37.0 Å². The van der Waals surface area contributed by atoms with E-state index in [1.165, 1.54) is 13.2 Å². The van der Waals surface area contributed by atoms with Crippen molar-refractivity contribution in [3.05, 3.63) is 23.8 Å². The minimum Gasteiger partial charge on any atom is -0.489 e. The molecule has 0 aromatic heterocycles. The molecule has 1 aromatic carbocycles. The van der Waals surface area contributed by atoms with E-state index in [9.17, 15) is 23.2 Å². The van der Waals surface area contributed by atoms with Crippen LogP contribution in [0, 0.1) is 5.92 Å². The molecule has 0 N–H and O–H groups in total. The van der Waals surface area contributed by atoms with Crippen molar-refractivity contribution in [1.29, 1.82) is 0 Å². The molecule has 10 heteroatoms. The second-order valence-corrected chi connectivity index (χ2v) is 7.49. The van der Waals surface area contributed by atoms with Crippen LogP contribution in [0.15, 0.2) is 18.2 Å². The molecule has 0 bridgehead atoms. The number of amides is 1. The van der Waals surface area contributed by atoms with Gasteiger partial charge in [-0.1, -0.05) is 6.07 Å². The highest BCUT2D eigenvalue weighted by atomic mass is 19.3. The van der Waals surface area contributed by atoms with Gasteiger partial charge in [-0.15, -0.1) is 0 Å². The summed E-state index contributed by atoms with van der Waals surface area (Å²) >= 11 is 0. The standard InChI is InChI=1S/C21H25F2NO7/c1-3-29-20(27)18(25)24-10-14(8-15(24)19(26)28-2)13-6-7-16(31-21(22)23)17(9-13)30-11-12-4-5-12/h6-7,9,12,14-15,21H,3-5,8,10-11H2,1-2H3. The summed E-state index contributed by atoms with van der Waals surface area (Å²) in [7, 11) is 1.20. The van der Waals surface area contributed by atoms with Gasteiger partial charge in [0.2, 0.25) is 0 Å². The van der Waals surface area contributed by atoms with Crippen LogP contribution in [-0.2, 0) is 23.9 Å². The van der Waals surface area contributed by atoms with Gasteiger partial charge in [-0.2, -0.15) is 8.78 Å². The first-order valence-electron chi connectivity index (χ1n) is 10.1. The number of carbonyl (C=O) groups is 3. The lowest BCUT2D eigenvalue weighted by Gasteiger charge is -2.21. The van der Waals surface area contributed by atoms with Crippen molar-refractivity contribution >= 4 is 17.8 Å². The topological polar surface area (TPSA) is 91.4 Å². The number of nitrogens with zero attached hydrogens (tertiary/aromatic N) is 1. The average molecular weight is 441 g/mol. The molecule has 1 saturated carbocycles. The van der Waals surface area contributed by atoms with Gasteiger partial charge in [0, 0.05) is 12.5 Å². The van der Waals surface area contributed by atoms with E-state index >= 15 is 0 Å². The van der Waals surface area contributed by atoms with Crippen LogP contribution >= 0.6 is 0 Å². The lowest BCUT2D eigenvalue weighted by atomic mass is 9.96. The molecule has 0 radical (unpaired) electrons. The zero-order chi connectivity index (χ0) is 22.5. The Morgan fingerprint density at radius 1 is 1.19 bits per heavy atom. The van der Waals surface area contributed by atoms with Gasteiger partial charge in [0.15, 0.2) is 11.5 Å². The fourth-order valence-electron chi connectivity index (χ4n) is 3.55. The van der Waals surface area contributed by atoms with Crippen molar-refractivity contribution in [3.63, 3.8) is 0 Å². The molecule has 170 valence electrons. The van der Waals surface area contributed by atoms with Gasteiger partial charge >= 0.3 is 24.5 Å². The summed E-state index contributed by atoms with van der Waals surface area (Å²) in [5.41, 5.74) is 0.667. The van der Waals surface area contributed by atoms with Crippen molar-refractivity contribution in [3.8, 4) is 11.5 Å². The second kappa shape index (κ2) is 9.93. The Hall–Kier alpha value is -2.91. The van der Waals surface area contributed by atoms with E-state index in [0.29, 0.717) is 18.1 Å². The number of benzene rings is 1. The summed E-state index contributed by atoms with van der Waals surface area (Å²) in [4.78, 5) is 37.7. The van der Waals surface area contributed by atoms with Crippen LogP contribution in [0.25, 0.3) is 0 Å². The highest BCUT2D eigenvalue weighted by Gasteiger charge is 2.43.